The van der Waals surface area contributed by atoms with Crippen LogP contribution < -0.4 is 5.73 Å². The second-order valence-corrected chi connectivity index (χ2v) is 3.24. The van der Waals surface area contributed by atoms with Gasteiger partial charge in [-0.25, -0.2) is 0 Å². The Balaban J connectivity index is 0.000000280. The zero-order valence-corrected chi connectivity index (χ0v) is 8.80. The number of rotatable bonds is 2. The number of nitrogens with one attached hydrogen (secondary N) is 1. The minimum Gasteiger partial charge on any atom is -0.402 e. The lowest BCUT2D eigenvalue weighted by molar-refractivity contribution is 0.278. The lowest BCUT2D eigenvalue weighted by atomic mass is 10.1. The minimum absolute atomic E-state index is 0.710. The third-order valence-corrected chi connectivity index (χ3v) is 2.09. The highest BCUT2D eigenvalue weighted by Gasteiger charge is 1.99. The lowest BCUT2D eigenvalue weighted by Gasteiger charge is -1.93. The van der Waals surface area contributed by atoms with Crippen LogP contribution in [0.3, 0.4) is 0 Å². The van der Waals surface area contributed by atoms with Crippen molar-refractivity contribution in [3.63, 3.8) is 0 Å². The zero-order valence-electron chi connectivity index (χ0n) is 8.80. The molecule has 0 saturated heterocycles. The number of hydrogen-bond donors (Lipinski definition) is 5. The monoisotopic (exact) mass is 222 g/mol. The molecule has 0 radical (unpaired) electrons. The highest BCUT2D eigenvalue weighted by molar-refractivity contribution is 6.30. The van der Waals surface area contributed by atoms with Gasteiger partial charge in [-0.05, 0) is 24.6 Å². The normalized spacial score (nSPS) is 9.75. The summed E-state index contributed by atoms with van der Waals surface area (Å²) < 4.78 is 0. The van der Waals surface area contributed by atoms with Crippen molar-refractivity contribution in [2.75, 3.05) is 6.54 Å². The van der Waals surface area contributed by atoms with Gasteiger partial charge < -0.3 is 25.8 Å². The Kier molecular flexibility index (Phi) is 5.01. The Bertz CT molecular complexity index is 428. The number of para-hydroxylation sites is 1. The van der Waals surface area contributed by atoms with Gasteiger partial charge in [0.25, 0.3) is 0 Å². The fraction of sp³-hybridized carbons (Fsp3) is 0.200. The molecule has 0 aliphatic rings. The molecule has 1 aromatic heterocycles. The predicted octanol–water partition coefficient (Wildman–Crippen LogP) is -0.383. The fourth-order valence-corrected chi connectivity index (χ4v) is 1.49. The lowest BCUT2D eigenvalue weighted by Crippen LogP contribution is -2.07. The van der Waals surface area contributed by atoms with Crippen molar-refractivity contribution >= 4 is 18.2 Å². The number of H-pyrrole nitrogens is 1. The van der Waals surface area contributed by atoms with Crippen LogP contribution in [0.25, 0.3) is 10.9 Å². The van der Waals surface area contributed by atoms with Crippen molar-refractivity contribution in [1.82, 2.24) is 4.98 Å². The van der Waals surface area contributed by atoms with Crippen molar-refractivity contribution in [2.24, 2.45) is 5.73 Å². The number of hydrogen-bond acceptors (Lipinski definition) is 4. The van der Waals surface area contributed by atoms with E-state index in [2.05, 4.69) is 23.2 Å². The maximum absolute atomic E-state index is 7.17. The second kappa shape index (κ2) is 6.29. The smallest absolute Gasteiger partial charge is 0.402 e. The number of benzene rings is 1. The molecule has 5 nitrogen and oxygen atoms in total. The molecule has 0 aliphatic heterocycles. The summed E-state index contributed by atoms with van der Waals surface area (Å²) in [6.45, 7) is 0.710. The van der Waals surface area contributed by atoms with E-state index in [0.717, 1.165) is 6.42 Å². The van der Waals surface area contributed by atoms with Crippen LogP contribution in [-0.2, 0) is 6.42 Å². The van der Waals surface area contributed by atoms with E-state index in [4.69, 9.17) is 20.8 Å². The molecular weight excluding hydrogens is 207 g/mol. The first kappa shape index (κ1) is 12.7. The quantitative estimate of drug-likeness (QED) is 0.447. The van der Waals surface area contributed by atoms with Crippen LogP contribution in [0.15, 0.2) is 30.5 Å². The zero-order chi connectivity index (χ0) is 12.0. The molecule has 6 N–H and O–H groups in total. The van der Waals surface area contributed by atoms with E-state index in [1.165, 1.54) is 16.5 Å². The van der Waals surface area contributed by atoms with Crippen LogP contribution in [0.2, 0.25) is 0 Å². The first-order valence-corrected chi connectivity index (χ1v) is 4.94. The Morgan fingerprint density at radius 1 is 1.19 bits per heavy atom. The van der Waals surface area contributed by atoms with Crippen molar-refractivity contribution in [2.45, 2.75) is 6.42 Å². The van der Waals surface area contributed by atoms with Crippen molar-refractivity contribution < 1.29 is 15.1 Å². The Morgan fingerprint density at radius 2 is 1.81 bits per heavy atom. The summed E-state index contributed by atoms with van der Waals surface area (Å²) in [4.78, 5) is 3.22. The number of fused-ring (bicyclic) bond motifs is 1. The highest BCUT2D eigenvalue weighted by atomic mass is 16.5. The molecule has 2 aromatic rings. The summed E-state index contributed by atoms with van der Waals surface area (Å²) >= 11 is 0. The summed E-state index contributed by atoms with van der Waals surface area (Å²) in [5.41, 5.74) is 8.01. The van der Waals surface area contributed by atoms with Gasteiger partial charge in [0.05, 0.1) is 0 Å². The Hall–Kier alpha value is -1.34. The number of aromatic amines is 1. The molecule has 0 atom stereocenters. The van der Waals surface area contributed by atoms with Gasteiger partial charge in [0.1, 0.15) is 0 Å². The summed E-state index contributed by atoms with van der Waals surface area (Å²) in [5.74, 6) is 0. The molecule has 2 rings (SSSR count). The summed E-state index contributed by atoms with van der Waals surface area (Å²) in [7, 11) is -2.17. The van der Waals surface area contributed by atoms with Gasteiger partial charge in [-0.3, -0.25) is 0 Å². The molecule has 1 heterocycles. The molecule has 0 fully saturated rings. The third-order valence-electron chi connectivity index (χ3n) is 2.09. The van der Waals surface area contributed by atoms with Crippen LogP contribution in [0.1, 0.15) is 5.56 Å². The topological polar surface area (TPSA) is 103 Å². The molecule has 1 aromatic carbocycles. The van der Waals surface area contributed by atoms with E-state index in [-0.39, 0.29) is 0 Å². The predicted molar refractivity (Wildman–Crippen MR) is 63.5 cm³/mol. The standard InChI is InChI=1S/C10H12N2.BH3O3/c11-6-5-8-7-12-10-4-2-1-3-9(8)10;2-1(3)4/h1-4,7,12H,5-6,11H2;2-4H. The fourth-order valence-electron chi connectivity index (χ4n) is 1.49. The SMILES string of the molecule is NCCc1c[nH]c2ccccc12.OB(O)O. The van der Waals surface area contributed by atoms with Crippen LogP contribution in [0.5, 0.6) is 0 Å². The molecule has 0 amide bonds. The Labute approximate surface area is 93.7 Å². The summed E-state index contributed by atoms with van der Waals surface area (Å²) in [5, 5.41) is 22.8. The molecule has 0 saturated carbocycles. The van der Waals surface area contributed by atoms with Crippen molar-refractivity contribution in [3.05, 3.63) is 36.0 Å². The molecule has 0 spiro atoms. The van der Waals surface area contributed by atoms with Gasteiger partial charge in [0.15, 0.2) is 0 Å². The van der Waals surface area contributed by atoms with E-state index in [1.54, 1.807) is 0 Å². The third kappa shape index (κ3) is 3.67. The largest absolute Gasteiger partial charge is 0.631 e. The average Bonchev–Trinajstić information content (AvgIpc) is 2.62. The number of nitrogens with two attached hydrogens (primary N) is 1. The molecule has 0 unspecified atom stereocenters. The van der Waals surface area contributed by atoms with Crippen molar-refractivity contribution in [3.8, 4) is 0 Å². The molecule has 86 valence electrons. The highest BCUT2D eigenvalue weighted by Crippen LogP contribution is 2.17. The maximum atomic E-state index is 7.17. The van der Waals surface area contributed by atoms with Gasteiger partial charge >= 0.3 is 7.32 Å². The van der Waals surface area contributed by atoms with E-state index in [9.17, 15) is 0 Å². The summed E-state index contributed by atoms with van der Waals surface area (Å²) in [6, 6.07) is 8.29. The average molecular weight is 222 g/mol. The van der Waals surface area contributed by atoms with Gasteiger partial charge in [-0.1, -0.05) is 18.2 Å². The molecular formula is C10H15BN2O3. The maximum Gasteiger partial charge on any atom is 0.631 e. The van der Waals surface area contributed by atoms with E-state index < -0.39 is 7.32 Å². The molecule has 0 aliphatic carbocycles. The second-order valence-electron chi connectivity index (χ2n) is 3.24. The van der Waals surface area contributed by atoms with Crippen LogP contribution in [0.4, 0.5) is 0 Å². The first-order valence-electron chi connectivity index (χ1n) is 4.94. The Morgan fingerprint density at radius 3 is 2.44 bits per heavy atom. The van der Waals surface area contributed by atoms with E-state index in [1.807, 2.05) is 12.3 Å². The van der Waals surface area contributed by atoms with Gasteiger partial charge in [0.2, 0.25) is 0 Å². The van der Waals surface area contributed by atoms with Crippen LogP contribution >= 0.6 is 0 Å². The van der Waals surface area contributed by atoms with Gasteiger partial charge in [-0.15, -0.1) is 0 Å². The van der Waals surface area contributed by atoms with Gasteiger partial charge in [-0.2, -0.15) is 0 Å². The van der Waals surface area contributed by atoms with E-state index >= 15 is 0 Å². The first-order chi connectivity index (χ1) is 7.65. The molecule has 6 heteroatoms. The van der Waals surface area contributed by atoms with Crippen LogP contribution in [0, 0.1) is 0 Å². The summed E-state index contributed by atoms with van der Waals surface area (Å²) in [6.07, 6.45) is 2.99. The molecule has 0 bridgehead atoms. The number of aromatic nitrogens is 1. The minimum atomic E-state index is -2.17. The van der Waals surface area contributed by atoms with E-state index in [0.29, 0.717) is 6.54 Å². The van der Waals surface area contributed by atoms with Crippen LogP contribution in [-0.4, -0.2) is 33.9 Å². The van der Waals surface area contributed by atoms with Crippen molar-refractivity contribution in [1.29, 1.82) is 0 Å². The molecule has 16 heavy (non-hydrogen) atoms. The van der Waals surface area contributed by atoms with Gasteiger partial charge in [0, 0.05) is 17.1 Å².